The Morgan fingerprint density at radius 3 is 2.46 bits per heavy atom. The van der Waals surface area contributed by atoms with Crippen molar-refractivity contribution in [2.24, 2.45) is 10.2 Å². The molecule has 0 bridgehead atoms. The van der Waals surface area contributed by atoms with Crippen molar-refractivity contribution in [2.75, 3.05) is 46.8 Å². The maximum Gasteiger partial charge on any atom is 0.305 e. The van der Waals surface area contributed by atoms with Crippen molar-refractivity contribution >= 4 is 66.5 Å². The first-order chi connectivity index (χ1) is 20.0. The van der Waals surface area contributed by atoms with E-state index in [2.05, 4.69) is 71.7 Å². The second kappa shape index (κ2) is 13.5. The SMILES string of the molecule is COC(=O)CCc1csc(N=Nc2ccc(NNc3ccc(NNc4ccc(N5CCCC5)s4)cc3C)cc2C)n1. The number of carbonyl (C=O) groups is 1. The van der Waals surface area contributed by atoms with Gasteiger partial charge in [0.2, 0.25) is 5.13 Å². The monoisotopic (exact) mass is 590 g/mol. The average Bonchev–Trinajstić information content (AvgIpc) is 3.76. The van der Waals surface area contributed by atoms with Gasteiger partial charge in [-0.3, -0.25) is 10.2 Å². The van der Waals surface area contributed by atoms with Gasteiger partial charge in [0.15, 0.2) is 0 Å². The number of hydrazine groups is 2. The van der Waals surface area contributed by atoms with E-state index < -0.39 is 0 Å². The minimum Gasteiger partial charge on any atom is -0.469 e. The lowest BCUT2D eigenvalue weighted by Crippen LogP contribution is -2.15. The Morgan fingerprint density at radius 2 is 1.71 bits per heavy atom. The van der Waals surface area contributed by atoms with Gasteiger partial charge >= 0.3 is 5.97 Å². The highest BCUT2D eigenvalue weighted by Gasteiger charge is 2.14. The summed E-state index contributed by atoms with van der Waals surface area (Å²) in [5.41, 5.74) is 19.7. The van der Waals surface area contributed by atoms with E-state index in [0.29, 0.717) is 18.0 Å². The van der Waals surface area contributed by atoms with Gasteiger partial charge in [0.25, 0.3) is 0 Å². The van der Waals surface area contributed by atoms with Crippen LogP contribution in [0.15, 0.2) is 64.1 Å². The van der Waals surface area contributed by atoms with Gasteiger partial charge in [0, 0.05) is 24.9 Å². The van der Waals surface area contributed by atoms with E-state index in [1.165, 1.54) is 36.3 Å². The number of benzene rings is 2. The van der Waals surface area contributed by atoms with E-state index in [1.54, 1.807) is 11.3 Å². The topological polar surface area (TPSA) is 115 Å². The highest BCUT2D eigenvalue weighted by atomic mass is 32.1. The number of rotatable bonds is 12. The molecule has 0 radical (unpaired) electrons. The summed E-state index contributed by atoms with van der Waals surface area (Å²) in [5, 5.41) is 13.5. The van der Waals surface area contributed by atoms with Gasteiger partial charge in [0.05, 0.1) is 47.0 Å². The maximum absolute atomic E-state index is 11.3. The molecule has 0 unspecified atom stereocenters. The van der Waals surface area contributed by atoms with Gasteiger partial charge in [-0.25, -0.2) is 4.98 Å². The lowest BCUT2D eigenvalue weighted by atomic mass is 10.2. The number of anilines is 5. The van der Waals surface area contributed by atoms with E-state index >= 15 is 0 Å². The number of thiophene rings is 1. The molecule has 41 heavy (non-hydrogen) atoms. The zero-order valence-corrected chi connectivity index (χ0v) is 25.0. The van der Waals surface area contributed by atoms with E-state index in [1.807, 2.05) is 42.6 Å². The number of ether oxygens (including phenoxy) is 1. The predicted octanol–water partition coefficient (Wildman–Crippen LogP) is 7.82. The molecular weight excluding hydrogens is 557 g/mol. The largest absolute Gasteiger partial charge is 0.469 e. The maximum atomic E-state index is 11.3. The lowest BCUT2D eigenvalue weighted by Gasteiger charge is -2.15. The molecule has 0 aliphatic carbocycles. The van der Waals surface area contributed by atoms with Crippen molar-refractivity contribution in [1.82, 2.24) is 4.98 Å². The molecule has 0 atom stereocenters. The zero-order valence-electron chi connectivity index (χ0n) is 23.4. The number of methoxy groups -OCH3 is 1. The summed E-state index contributed by atoms with van der Waals surface area (Å²) in [7, 11) is 1.38. The minimum absolute atomic E-state index is 0.252. The van der Waals surface area contributed by atoms with Crippen LogP contribution in [0.1, 0.15) is 36.1 Å². The summed E-state index contributed by atoms with van der Waals surface area (Å²) in [5.74, 6) is -0.252. The molecule has 1 fully saturated rings. The molecule has 1 saturated heterocycles. The molecule has 214 valence electrons. The number of hydrogen-bond donors (Lipinski definition) is 4. The fourth-order valence-corrected chi connectivity index (χ4v) is 5.97. The Bertz CT molecular complexity index is 1510. The molecule has 1 aliphatic heterocycles. The van der Waals surface area contributed by atoms with Crippen LogP contribution in [0.5, 0.6) is 0 Å². The number of aryl methyl sites for hydroxylation is 3. The summed E-state index contributed by atoms with van der Waals surface area (Å²) in [6.07, 6.45) is 3.38. The van der Waals surface area contributed by atoms with Gasteiger partial charge < -0.3 is 25.9 Å². The second-order valence-corrected chi connectivity index (χ2v) is 11.7. The van der Waals surface area contributed by atoms with Crippen LogP contribution < -0.4 is 26.6 Å². The zero-order chi connectivity index (χ0) is 28.6. The first-order valence-corrected chi connectivity index (χ1v) is 15.2. The quantitative estimate of drug-likeness (QED) is 0.0750. The number of thiazole rings is 1. The first kappa shape index (κ1) is 28.4. The normalized spacial score (nSPS) is 13.0. The van der Waals surface area contributed by atoms with Gasteiger partial charge in [-0.05, 0) is 86.3 Å². The van der Waals surface area contributed by atoms with Crippen LogP contribution in [-0.4, -0.2) is 31.2 Å². The summed E-state index contributed by atoms with van der Waals surface area (Å²) in [6.45, 7) is 6.36. The highest BCUT2D eigenvalue weighted by molar-refractivity contribution is 7.20. The smallest absolute Gasteiger partial charge is 0.305 e. The fraction of sp³-hybridized carbons (Fsp3) is 0.310. The number of nitrogens with zero attached hydrogens (tertiary/aromatic N) is 4. The number of esters is 1. The van der Waals surface area contributed by atoms with Gasteiger partial charge in [0.1, 0.15) is 5.00 Å². The summed E-state index contributed by atoms with van der Waals surface area (Å²) in [4.78, 5) is 18.2. The number of azo groups is 1. The lowest BCUT2D eigenvalue weighted by molar-refractivity contribution is -0.140. The Hall–Kier alpha value is -4.16. The molecule has 10 nitrogen and oxygen atoms in total. The second-order valence-electron chi connectivity index (χ2n) is 9.76. The van der Waals surface area contributed by atoms with Gasteiger partial charge in [-0.15, -0.1) is 21.6 Å². The molecule has 4 aromatic rings. The molecule has 2 aromatic carbocycles. The third kappa shape index (κ3) is 7.74. The molecule has 1 aliphatic rings. The van der Waals surface area contributed by atoms with Crippen LogP contribution in [-0.2, 0) is 16.0 Å². The van der Waals surface area contributed by atoms with Crippen molar-refractivity contribution in [2.45, 2.75) is 39.5 Å². The van der Waals surface area contributed by atoms with Crippen molar-refractivity contribution in [3.8, 4) is 0 Å². The van der Waals surface area contributed by atoms with Crippen LogP contribution in [0.2, 0.25) is 0 Å². The molecule has 0 amide bonds. The van der Waals surface area contributed by atoms with Crippen LogP contribution in [0.3, 0.4) is 0 Å². The number of carbonyl (C=O) groups excluding carboxylic acids is 1. The number of nitrogens with one attached hydrogen (secondary N) is 4. The molecule has 0 saturated carbocycles. The van der Waals surface area contributed by atoms with Gasteiger partial charge in [-0.2, -0.15) is 0 Å². The molecule has 5 rings (SSSR count). The molecule has 4 N–H and O–H groups in total. The summed E-state index contributed by atoms with van der Waals surface area (Å²) < 4.78 is 4.68. The number of hydrogen-bond acceptors (Lipinski definition) is 12. The van der Waals surface area contributed by atoms with E-state index in [0.717, 1.165) is 57.7 Å². The standard InChI is InChI=1S/C29H34N8O2S2/c1-19-17-22(32-35-26-11-12-27(41-26)37-14-4-5-15-37)7-9-24(19)33-31-21-6-10-25(20(2)16-21)34-36-29-30-23(18-40-29)8-13-28(38)39-3/h6-7,9-12,16-18,31-33,35H,4-5,8,13-15H2,1-3H3. The molecular formula is C29H34N8O2S2. The Balaban J connectivity index is 1.11. The molecule has 0 spiro atoms. The van der Waals surface area contributed by atoms with Crippen LogP contribution >= 0.6 is 22.7 Å². The minimum atomic E-state index is -0.252. The predicted molar refractivity (Wildman–Crippen MR) is 169 cm³/mol. The molecule has 3 heterocycles. The van der Waals surface area contributed by atoms with Crippen LogP contribution in [0.4, 0.5) is 37.9 Å². The molecule has 12 heteroatoms. The number of aromatic nitrogens is 1. The van der Waals surface area contributed by atoms with E-state index in [4.69, 9.17) is 0 Å². The summed E-state index contributed by atoms with van der Waals surface area (Å²) >= 11 is 3.17. The van der Waals surface area contributed by atoms with E-state index in [9.17, 15) is 4.79 Å². The third-order valence-corrected chi connectivity index (χ3v) is 8.54. The van der Waals surface area contributed by atoms with Crippen molar-refractivity contribution in [3.05, 3.63) is 70.7 Å². The van der Waals surface area contributed by atoms with Gasteiger partial charge in [-0.1, -0.05) is 11.3 Å². The van der Waals surface area contributed by atoms with E-state index in [-0.39, 0.29) is 5.97 Å². The average molecular weight is 591 g/mol. The summed E-state index contributed by atoms with van der Waals surface area (Å²) in [6, 6.07) is 16.4. The first-order valence-electron chi connectivity index (χ1n) is 13.5. The fourth-order valence-electron chi connectivity index (χ4n) is 4.39. The van der Waals surface area contributed by atoms with Crippen LogP contribution in [0, 0.1) is 13.8 Å². The molecule has 2 aromatic heterocycles. The third-order valence-electron chi connectivity index (χ3n) is 6.70. The Morgan fingerprint density at radius 1 is 0.951 bits per heavy atom. The Kier molecular flexibility index (Phi) is 9.32. The van der Waals surface area contributed by atoms with Crippen LogP contribution in [0.25, 0.3) is 0 Å². The van der Waals surface area contributed by atoms with Crippen molar-refractivity contribution in [1.29, 1.82) is 0 Å². The van der Waals surface area contributed by atoms with Crippen molar-refractivity contribution in [3.63, 3.8) is 0 Å². The van der Waals surface area contributed by atoms with Crippen molar-refractivity contribution < 1.29 is 9.53 Å². The Labute approximate surface area is 247 Å². The highest BCUT2D eigenvalue weighted by Crippen LogP contribution is 2.32.